The second-order valence-electron chi connectivity index (χ2n) is 4.68. The summed E-state index contributed by atoms with van der Waals surface area (Å²) in [7, 11) is 0. The minimum atomic E-state index is -0.149. The van der Waals surface area contributed by atoms with E-state index in [2.05, 4.69) is 15.0 Å². The van der Waals surface area contributed by atoms with E-state index in [1.54, 1.807) is 0 Å². The van der Waals surface area contributed by atoms with E-state index >= 15 is 0 Å². The van der Waals surface area contributed by atoms with Crippen LogP contribution < -0.4 is 5.56 Å². The predicted molar refractivity (Wildman–Crippen MR) is 90.4 cm³/mol. The standard InChI is InChI=1S/C18H15N3O/c22-18-16-15(12-19-17(16)20-13-21-18)14-10-8-6-4-2-1-3-5-7-9-11-14/h1-13H,(H2,19,20,21,22)/b2-1-,3-1?,4-2?,5-3-,6-4-,7-5?,8-6?,9-7-,10-8-,11-9?,14-10?,14-11+. The lowest BCUT2D eigenvalue weighted by Gasteiger charge is -1.98. The van der Waals surface area contributed by atoms with Crippen LogP contribution in [0.25, 0.3) is 16.6 Å². The highest BCUT2D eigenvalue weighted by Crippen LogP contribution is 2.22. The molecule has 1 aliphatic rings. The quantitative estimate of drug-likeness (QED) is 0.845. The molecule has 0 spiro atoms. The van der Waals surface area contributed by atoms with Gasteiger partial charge in [-0.1, -0.05) is 66.8 Å². The van der Waals surface area contributed by atoms with E-state index < -0.39 is 0 Å². The molecule has 0 bridgehead atoms. The molecule has 4 nitrogen and oxygen atoms in total. The number of aromatic amines is 2. The number of allylic oxidation sites excluding steroid dienone is 12. The zero-order valence-electron chi connectivity index (χ0n) is 11.9. The van der Waals surface area contributed by atoms with Gasteiger partial charge in [0.05, 0.1) is 11.7 Å². The van der Waals surface area contributed by atoms with Crippen LogP contribution in [0.15, 0.2) is 84.2 Å². The van der Waals surface area contributed by atoms with Crippen molar-refractivity contribution >= 4 is 16.6 Å². The van der Waals surface area contributed by atoms with Gasteiger partial charge in [0.2, 0.25) is 0 Å². The summed E-state index contributed by atoms with van der Waals surface area (Å²) in [5.41, 5.74) is 2.20. The third kappa shape index (κ3) is 2.96. The maximum atomic E-state index is 12.1. The maximum Gasteiger partial charge on any atom is 0.260 e. The lowest BCUT2D eigenvalue weighted by Crippen LogP contribution is -2.06. The van der Waals surface area contributed by atoms with Crippen LogP contribution in [0.2, 0.25) is 0 Å². The highest BCUT2D eigenvalue weighted by Gasteiger charge is 2.10. The number of H-pyrrole nitrogens is 2. The number of rotatable bonds is 1. The first-order chi connectivity index (χ1) is 10.9. The molecular formula is C18H15N3O. The second kappa shape index (κ2) is 6.54. The molecule has 22 heavy (non-hydrogen) atoms. The van der Waals surface area contributed by atoms with Gasteiger partial charge in [-0.25, -0.2) is 4.98 Å². The molecule has 3 rings (SSSR count). The van der Waals surface area contributed by atoms with Crippen LogP contribution in [0.1, 0.15) is 5.56 Å². The first-order valence-electron chi connectivity index (χ1n) is 6.96. The van der Waals surface area contributed by atoms with E-state index in [0.29, 0.717) is 11.0 Å². The number of fused-ring (bicyclic) bond motifs is 1. The Morgan fingerprint density at radius 3 is 2.27 bits per heavy atom. The van der Waals surface area contributed by atoms with Gasteiger partial charge in [0.25, 0.3) is 5.56 Å². The van der Waals surface area contributed by atoms with Crippen LogP contribution in [-0.2, 0) is 0 Å². The molecular weight excluding hydrogens is 274 g/mol. The minimum absolute atomic E-state index is 0.149. The molecule has 108 valence electrons. The summed E-state index contributed by atoms with van der Waals surface area (Å²) < 4.78 is 0. The van der Waals surface area contributed by atoms with Crippen molar-refractivity contribution < 1.29 is 0 Å². The third-order valence-corrected chi connectivity index (χ3v) is 3.23. The van der Waals surface area contributed by atoms with Gasteiger partial charge in [-0.05, 0) is 5.57 Å². The molecule has 0 unspecified atom stereocenters. The van der Waals surface area contributed by atoms with Crippen molar-refractivity contribution in [1.82, 2.24) is 15.0 Å². The molecule has 0 saturated carbocycles. The Morgan fingerprint density at radius 2 is 1.50 bits per heavy atom. The van der Waals surface area contributed by atoms with Gasteiger partial charge in [-0.2, -0.15) is 0 Å². The van der Waals surface area contributed by atoms with E-state index in [9.17, 15) is 4.79 Å². The Bertz CT molecular complexity index is 902. The summed E-state index contributed by atoms with van der Waals surface area (Å²) in [6.07, 6.45) is 24.7. The van der Waals surface area contributed by atoms with E-state index in [1.165, 1.54) is 6.33 Å². The van der Waals surface area contributed by atoms with E-state index in [-0.39, 0.29) is 5.56 Å². The summed E-state index contributed by atoms with van der Waals surface area (Å²) in [5, 5.41) is 0.568. The van der Waals surface area contributed by atoms with E-state index in [1.807, 2.05) is 73.0 Å². The van der Waals surface area contributed by atoms with Crippen molar-refractivity contribution in [3.8, 4) is 0 Å². The van der Waals surface area contributed by atoms with Crippen molar-refractivity contribution in [2.45, 2.75) is 0 Å². The smallest absolute Gasteiger partial charge is 0.260 e. The van der Waals surface area contributed by atoms with Crippen LogP contribution in [0.5, 0.6) is 0 Å². The predicted octanol–water partition coefficient (Wildman–Crippen LogP) is 3.43. The molecule has 0 amide bonds. The summed E-state index contributed by atoms with van der Waals surface area (Å²) >= 11 is 0. The Labute approximate surface area is 127 Å². The molecule has 0 atom stereocenters. The maximum absolute atomic E-state index is 12.1. The Kier molecular flexibility index (Phi) is 4.11. The zero-order chi connectivity index (χ0) is 15.2. The molecule has 0 saturated heterocycles. The molecule has 2 aromatic heterocycles. The van der Waals surface area contributed by atoms with Gasteiger partial charge in [0.15, 0.2) is 0 Å². The number of hydrogen-bond acceptors (Lipinski definition) is 2. The SMILES string of the molecule is O=c1[nH]cnc2[nH]cc(C3=C/C=C\C=C/C=C\C=C/C=C\3)c12. The molecule has 2 N–H and O–H groups in total. The summed E-state index contributed by atoms with van der Waals surface area (Å²) in [5.74, 6) is 0. The van der Waals surface area contributed by atoms with Crippen LogP contribution in [0.3, 0.4) is 0 Å². The zero-order valence-corrected chi connectivity index (χ0v) is 11.9. The van der Waals surface area contributed by atoms with Crippen LogP contribution in [0.4, 0.5) is 0 Å². The van der Waals surface area contributed by atoms with Crippen molar-refractivity contribution in [3.05, 3.63) is 95.3 Å². The van der Waals surface area contributed by atoms with Crippen molar-refractivity contribution in [2.75, 3.05) is 0 Å². The van der Waals surface area contributed by atoms with Crippen molar-refractivity contribution in [3.63, 3.8) is 0 Å². The number of nitrogens with zero attached hydrogens (tertiary/aromatic N) is 1. The third-order valence-electron chi connectivity index (χ3n) is 3.23. The second-order valence-corrected chi connectivity index (χ2v) is 4.68. The monoisotopic (exact) mass is 289 g/mol. The number of nitrogens with one attached hydrogen (secondary N) is 2. The topological polar surface area (TPSA) is 61.5 Å². The van der Waals surface area contributed by atoms with Crippen LogP contribution in [-0.4, -0.2) is 15.0 Å². The molecule has 0 fully saturated rings. The Hall–Kier alpha value is -3.14. The molecule has 2 aromatic rings. The van der Waals surface area contributed by atoms with Crippen molar-refractivity contribution in [1.29, 1.82) is 0 Å². The molecule has 0 aromatic carbocycles. The fraction of sp³-hybridized carbons (Fsp3) is 0. The Morgan fingerprint density at radius 1 is 0.818 bits per heavy atom. The fourth-order valence-electron chi connectivity index (χ4n) is 2.20. The fourth-order valence-corrected chi connectivity index (χ4v) is 2.20. The highest BCUT2D eigenvalue weighted by molar-refractivity contribution is 5.93. The average Bonchev–Trinajstić information content (AvgIpc) is 2.93. The van der Waals surface area contributed by atoms with E-state index in [4.69, 9.17) is 0 Å². The molecule has 0 radical (unpaired) electrons. The van der Waals surface area contributed by atoms with Gasteiger partial charge in [-0.3, -0.25) is 4.79 Å². The van der Waals surface area contributed by atoms with Gasteiger partial charge in [0.1, 0.15) is 5.65 Å². The lowest BCUT2D eigenvalue weighted by molar-refractivity contribution is 1.16. The lowest BCUT2D eigenvalue weighted by atomic mass is 10.1. The highest BCUT2D eigenvalue weighted by atomic mass is 16.1. The van der Waals surface area contributed by atoms with Crippen molar-refractivity contribution in [2.24, 2.45) is 0 Å². The van der Waals surface area contributed by atoms with E-state index in [0.717, 1.165) is 11.1 Å². The molecule has 1 aliphatic carbocycles. The van der Waals surface area contributed by atoms with Gasteiger partial charge < -0.3 is 9.97 Å². The van der Waals surface area contributed by atoms with Crippen LogP contribution >= 0.6 is 0 Å². The summed E-state index contributed by atoms with van der Waals surface area (Å²) in [6.45, 7) is 0. The van der Waals surface area contributed by atoms with Gasteiger partial charge >= 0.3 is 0 Å². The summed E-state index contributed by atoms with van der Waals surface area (Å²) in [6, 6.07) is 0. The number of aromatic nitrogens is 3. The number of hydrogen-bond donors (Lipinski definition) is 2. The Balaban J connectivity index is 2.12. The van der Waals surface area contributed by atoms with Crippen LogP contribution in [0, 0.1) is 0 Å². The first kappa shape index (κ1) is 13.8. The molecule has 0 aliphatic heterocycles. The van der Waals surface area contributed by atoms with Gasteiger partial charge in [0, 0.05) is 11.8 Å². The molecule has 2 heterocycles. The normalized spacial score (nSPS) is 24.5. The average molecular weight is 289 g/mol. The largest absolute Gasteiger partial charge is 0.345 e. The van der Waals surface area contributed by atoms with Gasteiger partial charge in [-0.15, -0.1) is 0 Å². The first-order valence-corrected chi connectivity index (χ1v) is 6.96. The molecule has 4 heteroatoms. The summed E-state index contributed by atoms with van der Waals surface area (Å²) in [4.78, 5) is 21.9. The minimum Gasteiger partial charge on any atom is -0.345 e.